The third kappa shape index (κ3) is 2.56. The molecule has 1 saturated heterocycles. The molecule has 0 aliphatic carbocycles. The second kappa shape index (κ2) is 4.94. The molecule has 1 aromatic carbocycles. The molecular weight excluding hydrogens is 252 g/mol. The molecule has 2 atom stereocenters. The number of β-amino-alcohol motifs (C(OH)–C–C–N with tert-alkyl or cyclic N) is 2. The van der Waals surface area contributed by atoms with E-state index in [2.05, 4.69) is 0 Å². The molecule has 102 valence electrons. The van der Waals surface area contributed by atoms with E-state index in [0.717, 1.165) is 0 Å². The maximum Gasteiger partial charge on any atom is 0.280 e. The van der Waals surface area contributed by atoms with Gasteiger partial charge >= 0.3 is 0 Å². The van der Waals surface area contributed by atoms with Crippen LogP contribution in [0.1, 0.15) is 17.3 Å². The van der Waals surface area contributed by atoms with E-state index in [0.29, 0.717) is 5.69 Å². The Balaban J connectivity index is 2.36. The Morgan fingerprint density at radius 2 is 1.95 bits per heavy atom. The lowest BCUT2D eigenvalue weighted by atomic mass is 10.1. The van der Waals surface area contributed by atoms with Crippen LogP contribution < -0.4 is 4.90 Å². The first-order valence-corrected chi connectivity index (χ1v) is 5.80. The van der Waals surface area contributed by atoms with Crippen molar-refractivity contribution in [2.45, 2.75) is 19.1 Å². The van der Waals surface area contributed by atoms with Gasteiger partial charge in [0.05, 0.1) is 22.7 Å². The SMILES string of the molecule is CC(=O)c1cc(N2CC(O)C(O)C2)ccc1[N+](=O)[O-]. The van der Waals surface area contributed by atoms with Crippen LogP contribution in [0.2, 0.25) is 0 Å². The molecular formula is C12H14N2O5. The molecule has 0 spiro atoms. The van der Waals surface area contributed by atoms with Gasteiger partial charge in [-0.05, 0) is 19.1 Å². The molecule has 1 fully saturated rings. The van der Waals surface area contributed by atoms with E-state index in [-0.39, 0.29) is 24.3 Å². The Morgan fingerprint density at radius 3 is 2.42 bits per heavy atom. The highest BCUT2D eigenvalue weighted by molar-refractivity contribution is 5.99. The highest BCUT2D eigenvalue weighted by Crippen LogP contribution is 2.27. The summed E-state index contributed by atoms with van der Waals surface area (Å²) in [6.07, 6.45) is -1.70. The van der Waals surface area contributed by atoms with Gasteiger partial charge < -0.3 is 15.1 Å². The average molecular weight is 266 g/mol. The van der Waals surface area contributed by atoms with Gasteiger partial charge in [-0.25, -0.2) is 0 Å². The lowest BCUT2D eigenvalue weighted by Crippen LogP contribution is -2.22. The third-order valence-electron chi connectivity index (χ3n) is 3.18. The van der Waals surface area contributed by atoms with Crippen LogP contribution in [0.4, 0.5) is 11.4 Å². The number of Topliss-reactive ketones (excluding diaryl/α,β-unsaturated/α-hetero) is 1. The van der Waals surface area contributed by atoms with E-state index in [1.54, 1.807) is 4.90 Å². The van der Waals surface area contributed by atoms with Crippen LogP contribution in [0.25, 0.3) is 0 Å². The molecule has 2 unspecified atom stereocenters. The number of carbonyl (C=O) groups excluding carboxylic acids is 1. The van der Waals surface area contributed by atoms with Crippen LogP contribution in [0.5, 0.6) is 0 Å². The zero-order valence-electron chi connectivity index (χ0n) is 10.3. The number of aliphatic hydroxyl groups excluding tert-OH is 2. The molecule has 0 aromatic heterocycles. The monoisotopic (exact) mass is 266 g/mol. The number of rotatable bonds is 3. The summed E-state index contributed by atoms with van der Waals surface area (Å²) in [6.45, 7) is 1.73. The van der Waals surface area contributed by atoms with Crippen molar-refractivity contribution in [3.63, 3.8) is 0 Å². The molecule has 1 aliphatic heterocycles. The Morgan fingerprint density at radius 1 is 1.37 bits per heavy atom. The highest BCUT2D eigenvalue weighted by atomic mass is 16.6. The van der Waals surface area contributed by atoms with Gasteiger partial charge in [0.2, 0.25) is 0 Å². The lowest BCUT2D eigenvalue weighted by Gasteiger charge is -2.18. The fraction of sp³-hybridized carbons (Fsp3) is 0.417. The number of benzene rings is 1. The number of ketones is 1. The summed E-state index contributed by atoms with van der Waals surface area (Å²) in [5.41, 5.74) is 0.362. The van der Waals surface area contributed by atoms with Crippen LogP contribution in [-0.2, 0) is 0 Å². The molecule has 2 N–H and O–H groups in total. The van der Waals surface area contributed by atoms with Gasteiger partial charge in [-0.2, -0.15) is 0 Å². The normalized spacial score (nSPS) is 22.6. The molecule has 19 heavy (non-hydrogen) atoms. The number of hydrogen-bond acceptors (Lipinski definition) is 6. The Hall–Kier alpha value is -1.99. The molecule has 7 heteroatoms. The fourth-order valence-corrected chi connectivity index (χ4v) is 2.14. The summed E-state index contributed by atoms with van der Waals surface area (Å²) < 4.78 is 0. The summed E-state index contributed by atoms with van der Waals surface area (Å²) >= 11 is 0. The van der Waals surface area contributed by atoms with Crippen LogP contribution in [0.15, 0.2) is 18.2 Å². The number of nitro groups is 1. The third-order valence-corrected chi connectivity index (χ3v) is 3.18. The smallest absolute Gasteiger partial charge is 0.280 e. The molecule has 1 aromatic rings. The maximum absolute atomic E-state index is 11.4. The van der Waals surface area contributed by atoms with Crippen molar-refractivity contribution in [3.8, 4) is 0 Å². The second-order valence-corrected chi connectivity index (χ2v) is 4.55. The zero-order chi connectivity index (χ0) is 14.2. The molecule has 0 radical (unpaired) electrons. The first-order valence-electron chi connectivity index (χ1n) is 5.80. The minimum atomic E-state index is -0.851. The molecule has 1 aliphatic rings. The van der Waals surface area contributed by atoms with E-state index >= 15 is 0 Å². The van der Waals surface area contributed by atoms with Crippen molar-refractivity contribution >= 4 is 17.2 Å². The van der Waals surface area contributed by atoms with Crippen molar-refractivity contribution in [2.24, 2.45) is 0 Å². The van der Waals surface area contributed by atoms with Crippen LogP contribution >= 0.6 is 0 Å². The summed E-state index contributed by atoms with van der Waals surface area (Å²) in [5, 5.41) is 29.8. The molecule has 2 rings (SSSR count). The van der Waals surface area contributed by atoms with Gasteiger partial charge in [0.1, 0.15) is 0 Å². The predicted molar refractivity (Wildman–Crippen MR) is 67.3 cm³/mol. The summed E-state index contributed by atoms with van der Waals surface area (Å²) in [5.74, 6) is -0.395. The first kappa shape index (κ1) is 13.4. The summed E-state index contributed by atoms with van der Waals surface area (Å²) in [6, 6.07) is 4.20. The van der Waals surface area contributed by atoms with Gasteiger partial charge in [-0.3, -0.25) is 14.9 Å². The van der Waals surface area contributed by atoms with Crippen molar-refractivity contribution in [1.29, 1.82) is 0 Å². The van der Waals surface area contributed by atoms with Crippen molar-refractivity contribution in [1.82, 2.24) is 0 Å². The molecule has 0 bridgehead atoms. The predicted octanol–water partition coefficient (Wildman–Crippen LogP) is 0.339. The minimum Gasteiger partial charge on any atom is -0.389 e. The largest absolute Gasteiger partial charge is 0.389 e. The fourth-order valence-electron chi connectivity index (χ4n) is 2.14. The van der Waals surface area contributed by atoms with Gasteiger partial charge in [0, 0.05) is 24.8 Å². The first-order chi connectivity index (χ1) is 8.90. The van der Waals surface area contributed by atoms with Crippen molar-refractivity contribution in [2.75, 3.05) is 18.0 Å². The van der Waals surface area contributed by atoms with E-state index in [1.165, 1.54) is 25.1 Å². The lowest BCUT2D eigenvalue weighted by molar-refractivity contribution is -0.385. The minimum absolute atomic E-state index is 0.0263. The van der Waals surface area contributed by atoms with Gasteiger partial charge in [-0.15, -0.1) is 0 Å². The molecule has 1 heterocycles. The van der Waals surface area contributed by atoms with Crippen LogP contribution in [0, 0.1) is 10.1 Å². The number of aliphatic hydroxyl groups is 2. The number of nitrogens with zero attached hydrogens (tertiary/aromatic N) is 2. The standard InChI is InChI=1S/C12H14N2O5/c1-7(15)9-4-8(2-3-10(9)14(18)19)13-5-11(16)12(17)6-13/h2-4,11-12,16-17H,5-6H2,1H3. The van der Waals surface area contributed by atoms with Crippen molar-refractivity contribution < 1.29 is 19.9 Å². The number of nitro benzene ring substituents is 1. The van der Waals surface area contributed by atoms with E-state index in [1.807, 2.05) is 0 Å². The Bertz CT molecular complexity index is 521. The maximum atomic E-state index is 11.4. The van der Waals surface area contributed by atoms with Gasteiger partial charge in [0.15, 0.2) is 5.78 Å². The topological polar surface area (TPSA) is 104 Å². The molecule has 0 amide bonds. The Labute approximate surface area is 109 Å². The van der Waals surface area contributed by atoms with E-state index in [4.69, 9.17) is 0 Å². The van der Waals surface area contributed by atoms with Gasteiger partial charge in [0.25, 0.3) is 5.69 Å². The number of anilines is 1. The van der Waals surface area contributed by atoms with Crippen LogP contribution in [-0.4, -0.2) is 46.2 Å². The average Bonchev–Trinajstić information content (AvgIpc) is 2.68. The van der Waals surface area contributed by atoms with Crippen LogP contribution in [0.3, 0.4) is 0 Å². The molecule has 7 nitrogen and oxygen atoms in total. The van der Waals surface area contributed by atoms with Crippen molar-refractivity contribution in [3.05, 3.63) is 33.9 Å². The second-order valence-electron chi connectivity index (χ2n) is 4.55. The van der Waals surface area contributed by atoms with E-state index in [9.17, 15) is 25.1 Å². The number of hydrogen-bond donors (Lipinski definition) is 2. The zero-order valence-corrected chi connectivity index (χ0v) is 10.3. The Kier molecular flexibility index (Phi) is 3.50. The van der Waals surface area contributed by atoms with Gasteiger partial charge in [-0.1, -0.05) is 0 Å². The number of carbonyl (C=O) groups is 1. The quantitative estimate of drug-likeness (QED) is 0.464. The summed E-state index contributed by atoms with van der Waals surface area (Å²) in [7, 11) is 0. The highest BCUT2D eigenvalue weighted by Gasteiger charge is 2.30. The molecule has 0 saturated carbocycles. The van der Waals surface area contributed by atoms with E-state index < -0.39 is 22.9 Å². The summed E-state index contributed by atoms with van der Waals surface area (Å²) in [4.78, 5) is 23.4.